The topological polar surface area (TPSA) is 82.0 Å². The number of rotatable bonds is 7. The first-order valence-electron chi connectivity index (χ1n) is 5.70. The van der Waals surface area contributed by atoms with E-state index in [4.69, 9.17) is 19.3 Å². The summed E-state index contributed by atoms with van der Waals surface area (Å²) in [6.45, 7) is 3.10. The van der Waals surface area contributed by atoms with E-state index in [9.17, 15) is 4.79 Å². The van der Waals surface area contributed by atoms with Crippen LogP contribution < -0.4 is 9.85 Å². The van der Waals surface area contributed by atoms with Gasteiger partial charge in [0.2, 0.25) is 0 Å². The summed E-state index contributed by atoms with van der Waals surface area (Å²) in [4.78, 5) is 17.4. The number of hydrogen-bond acceptors (Lipinski definition) is 6. The van der Waals surface area contributed by atoms with Crippen LogP contribution in [-0.2, 0) is 9.53 Å². The summed E-state index contributed by atoms with van der Waals surface area (Å²) in [5.41, 5.74) is 0. The first-order valence-corrected chi connectivity index (χ1v) is 5.70. The number of esters is 1. The van der Waals surface area contributed by atoms with Crippen LogP contribution in [0.5, 0.6) is 0 Å². The van der Waals surface area contributed by atoms with Crippen molar-refractivity contribution in [1.29, 1.82) is 0 Å². The molecule has 1 aliphatic heterocycles. The molecule has 1 aromatic heterocycles. The van der Waals surface area contributed by atoms with Crippen molar-refractivity contribution in [1.82, 2.24) is 9.98 Å². The van der Waals surface area contributed by atoms with Crippen LogP contribution in [0.25, 0.3) is 0 Å². The summed E-state index contributed by atoms with van der Waals surface area (Å²) < 4.78 is 9.83. The highest BCUT2D eigenvalue weighted by Gasteiger charge is 2.34. The maximum atomic E-state index is 10.8. The standard InChI is InChI=1S/C9H17N3O5/c1-2-9(14)15-5-6-16-12-11(17-12)10-4-3-8(10)7-13/h8,13H,2-7H2,1H3/t8-,11?,12?/m0/s1. The molecule has 0 aromatic carbocycles. The third kappa shape index (κ3) is 2.76. The average Bonchev–Trinajstić information content (AvgIpc) is 3.02. The van der Waals surface area contributed by atoms with Gasteiger partial charge in [-0.15, -0.1) is 0 Å². The number of aliphatic hydroxyl groups is 1. The number of nitrogens with zero attached hydrogens (tertiary/aromatic N) is 3. The molecule has 8 nitrogen and oxygen atoms in total. The molecule has 0 amide bonds. The third-order valence-electron chi connectivity index (χ3n) is 2.64. The van der Waals surface area contributed by atoms with Crippen LogP contribution in [0.15, 0.2) is 4.63 Å². The van der Waals surface area contributed by atoms with Gasteiger partial charge in [0, 0.05) is 13.0 Å². The third-order valence-corrected chi connectivity index (χ3v) is 2.64. The Morgan fingerprint density at radius 2 is 2.35 bits per heavy atom. The fourth-order valence-corrected chi connectivity index (χ4v) is 1.47. The molecule has 1 aliphatic rings. The molecule has 2 rings (SSSR count). The lowest BCUT2D eigenvalue weighted by atomic mass is 10.1. The zero-order valence-electron chi connectivity index (χ0n) is 9.74. The lowest BCUT2D eigenvalue weighted by molar-refractivity contribution is -0.145. The minimum Gasteiger partial charge on any atom is -0.462 e. The van der Waals surface area contributed by atoms with E-state index in [1.807, 2.05) is 5.01 Å². The minimum atomic E-state index is -0.250. The monoisotopic (exact) mass is 247 g/mol. The molecule has 0 radical (unpaired) electrons. The first-order chi connectivity index (χ1) is 8.26. The molecule has 98 valence electrons. The minimum absolute atomic E-state index is 0.0986. The molecule has 0 spiro atoms. The van der Waals surface area contributed by atoms with E-state index in [1.165, 1.54) is 9.98 Å². The van der Waals surface area contributed by atoms with Crippen molar-refractivity contribution in [3.05, 3.63) is 0 Å². The summed E-state index contributed by atoms with van der Waals surface area (Å²) in [5, 5.41) is 12.0. The van der Waals surface area contributed by atoms with Gasteiger partial charge in [0.25, 0.3) is 0 Å². The maximum Gasteiger partial charge on any atom is 0.305 e. The number of carbonyl (C=O) groups excluding carboxylic acids is 1. The first kappa shape index (κ1) is 11.9. The van der Waals surface area contributed by atoms with Crippen molar-refractivity contribution in [3.8, 4) is 0 Å². The van der Waals surface area contributed by atoms with Gasteiger partial charge in [-0.2, -0.15) is 4.63 Å². The van der Waals surface area contributed by atoms with E-state index in [0.717, 1.165) is 13.0 Å². The number of aromatic nitrogens is 2. The number of aliphatic hydroxyl groups excluding tert-OH is 1. The molecule has 2 heterocycles. The van der Waals surface area contributed by atoms with Crippen molar-refractivity contribution in [2.75, 3.05) is 31.4 Å². The summed E-state index contributed by atoms with van der Waals surface area (Å²) in [6.07, 6.45) is 1.30. The molecule has 8 heteroatoms. The van der Waals surface area contributed by atoms with Gasteiger partial charge in [0.15, 0.2) is 6.61 Å². The normalized spacial score (nSPS) is 19.2. The molecule has 1 aromatic rings. The molecule has 0 unspecified atom stereocenters. The molecule has 1 saturated heterocycles. The van der Waals surface area contributed by atoms with E-state index >= 15 is 0 Å². The van der Waals surface area contributed by atoms with Gasteiger partial charge in [0.1, 0.15) is 11.6 Å². The van der Waals surface area contributed by atoms with Crippen LogP contribution in [-0.4, -0.2) is 53.5 Å². The smallest absolute Gasteiger partial charge is 0.305 e. The van der Waals surface area contributed by atoms with Gasteiger partial charge in [-0.25, -0.2) is 0 Å². The van der Waals surface area contributed by atoms with Crippen molar-refractivity contribution in [2.45, 2.75) is 25.8 Å². The molecule has 1 N–H and O–H groups in total. The molecule has 0 bridgehead atoms. The van der Waals surface area contributed by atoms with Crippen LogP contribution in [0.2, 0.25) is 0 Å². The Bertz CT molecular complexity index is 353. The summed E-state index contributed by atoms with van der Waals surface area (Å²) in [5.74, 6) is -0.250. The maximum absolute atomic E-state index is 10.8. The molecular formula is C9H17N3O5. The van der Waals surface area contributed by atoms with E-state index in [1.54, 1.807) is 6.92 Å². The Kier molecular flexibility index (Phi) is 3.62. The van der Waals surface area contributed by atoms with Crippen LogP contribution in [0.4, 0.5) is 0 Å². The van der Waals surface area contributed by atoms with Gasteiger partial charge in [-0.3, -0.25) is 9.80 Å². The Morgan fingerprint density at radius 3 is 2.94 bits per heavy atom. The number of carbonyl (C=O) groups is 1. The molecule has 1 fully saturated rings. The van der Waals surface area contributed by atoms with Gasteiger partial charge < -0.3 is 14.7 Å². The highest BCUT2D eigenvalue weighted by molar-refractivity contribution is 5.68. The molecule has 17 heavy (non-hydrogen) atoms. The lowest BCUT2D eigenvalue weighted by Gasteiger charge is -2.35. The van der Waals surface area contributed by atoms with Crippen molar-refractivity contribution < 1.29 is 24.1 Å². The second-order valence-corrected chi connectivity index (χ2v) is 3.77. The molecule has 0 aliphatic carbocycles. The predicted molar refractivity (Wildman–Crippen MR) is 56.0 cm³/mol. The lowest BCUT2D eigenvalue weighted by Crippen LogP contribution is -2.55. The molecule has 1 atom stereocenters. The average molecular weight is 247 g/mol. The van der Waals surface area contributed by atoms with Gasteiger partial charge >= 0.3 is 5.97 Å². The van der Waals surface area contributed by atoms with Crippen molar-refractivity contribution >= 4 is 5.97 Å². The van der Waals surface area contributed by atoms with Crippen LogP contribution >= 0.6 is 0 Å². The Morgan fingerprint density at radius 1 is 1.53 bits per heavy atom. The fourth-order valence-electron chi connectivity index (χ4n) is 1.47. The summed E-state index contributed by atoms with van der Waals surface area (Å²) >= 11 is 0. The summed E-state index contributed by atoms with van der Waals surface area (Å²) in [6, 6.07) is 0.0986. The van der Waals surface area contributed by atoms with E-state index < -0.39 is 0 Å². The molecule has 0 saturated carbocycles. The van der Waals surface area contributed by atoms with Gasteiger partial charge in [-0.1, -0.05) is 6.92 Å². The quantitative estimate of drug-likeness (QED) is 0.490. The summed E-state index contributed by atoms with van der Waals surface area (Å²) in [7, 11) is 0. The Labute approximate surface area is 98.1 Å². The van der Waals surface area contributed by atoms with Crippen molar-refractivity contribution in [3.63, 3.8) is 0 Å². The van der Waals surface area contributed by atoms with E-state index in [2.05, 4.69) is 0 Å². The van der Waals surface area contributed by atoms with E-state index in [0.29, 0.717) is 6.42 Å². The van der Waals surface area contributed by atoms with Crippen LogP contribution in [0, 0.1) is 0 Å². The highest BCUT2D eigenvalue weighted by Crippen LogP contribution is 2.16. The largest absolute Gasteiger partial charge is 0.462 e. The van der Waals surface area contributed by atoms with Gasteiger partial charge in [-0.05, 0) is 6.42 Å². The Balaban J connectivity index is 1.60. The number of ether oxygens (including phenoxy) is 1. The second kappa shape index (κ2) is 5.17. The van der Waals surface area contributed by atoms with Gasteiger partial charge in [0.05, 0.1) is 17.6 Å². The fraction of sp³-hybridized carbons (Fsp3) is 0.889. The second-order valence-electron chi connectivity index (χ2n) is 3.77. The van der Waals surface area contributed by atoms with E-state index in [-0.39, 0.29) is 31.8 Å². The van der Waals surface area contributed by atoms with Crippen LogP contribution in [0.3, 0.4) is 0 Å². The van der Waals surface area contributed by atoms with Crippen molar-refractivity contribution in [2.24, 2.45) is 0 Å². The zero-order valence-corrected chi connectivity index (χ0v) is 9.74. The Hall–Kier alpha value is -1.57. The zero-order chi connectivity index (χ0) is 12.3. The highest BCUT2D eigenvalue weighted by atomic mass is 17.0. The molecular weight excluding hydrogens is 230 g/mol. The predicted octanol–water partition coefficient (Wildman–Crippen LogP) is -1.03. The van der Waals surface area contributed by atoms with Crippen LogP contribution in [0.1, 0.15) is 19.8 Å². The SMILES string of the molecule is CCC(=O)OCCOn1on1N1CC[C@H]1CO. The number of hydrogen-bond donors (Lipinski definition) is 1.